The van der Waals surface area contributed by atoms with Gasteiger partial charge in [-0.2, -0.15) is 0 Å². The fourth-order valence-electron chi connectivity index (χ4n) is 4.95. The molecule has 2 fully saturated rings. The molecule has 3 aromatic rings. The van der Waals surface area contributed by atoms with Crippen LogP contribution in [0.4, 0.5) is 0 Å². The number of benzene rings is 1. The van der Waals surface area contributed by atoms with Gasteiger partial charge in [-0.15, -0.1) is 0 Å². The van der Waals surface area contributed by atoms with Crippen molar-refractivity contribution in [3.05, 3.63) is 66.2 Å². The molecule has 2 aromatic heterocycles. The molecular weight excluding hydrogens is 324 g/mol. The number of aliphatic hydroxyl groups is 1. The van der Waals surface area contributed by atoms with Crippen molar-refractivity contribution in [1.29, 1.82) is 0 Å². The third-order valence-corrected chi connectivity index (χ3v) is 6.13. The maximum atomic E-state index is 11.6. The summed E-state index contributed by atoms with van der Waals surface area (Å²) in [5.41, 5.74) is 1.41. The van der Waals surface area contributed by atoms with E-state index in [9.17, 15) is 5.11 Å². The zero-order chi connectivity index (χ0) is 17.6. The number of imidazole rings is 1. The van der Waals surface area contributed by atoms with Gasteiger partial charge < -0.3 is 5.11 Å². The lowest BCUT2D eigenvalue weighted by Gasteiger charge is -2.52. The van der Waals surface area contributed by atoms with E-state index in [1.165, 1.54) is 12.0 Å². The van der Waals surface area contributed by atoms with Crippen molar-refractivity contribution in [2.75, 3.05) is 0 Å². The molecule has 1 aromatic carbocycles. The zero-order valence-corrected chi connectivity index (χ0v) is 14.8. The van der Waals surface area contributed by atoms with Crippen LogP contribution in [0.2, 0.25) is 0 Å². The third-order valence-electron chi connectivity index (χ3n) is 6.13. The molecule has 0 spiro atoms. The minimum absolute atomic E-state index is 0.412. The first-order chi connectivity index (χ1) is 12.7. The Kier molecular flexibility index (Phi) is 3.80. The highest BCUT2D eigenvalue weighted by molar-refractivity contribution is 5.33. The maximum absolute atomic E-state index is 11.6. The molecule has 0 amide bonds. The van der Waals surface area contributed by atoms with E-state index in [1.54, 1.807) is 6.20 Å². The van der Waals surface area contributed by atoms with Crippen LogP contribution < -0.4 is 0 Å². The van der Waals surface area contributed by atoms with Crippen LogP contribution in [0, 0.1) is 0 Å². The quantitative estimate of drug-likeness (QED) is 0.790. The van der Waals surface area contributed by atoms with E-state index in [-0.39, 0.29) is 0 Å². The SMILES string of the molecule is OC1(c2cnc3ncccn23)CC2CCCC(C1)N2Cc1ccccc1. The van der Waals surface area contributed by atoms with Crippen LogP contribution in [0.25, 0.3) is 5.78 Å². The Balaban J connectivity index is 1.46. The maximum Gasteiger partial charge on any atom is 0.233 e. The fourth-order valence-corrected chi connectivity index (χ4v) is 4.95. The minimum Gasteiger partial charge on any atom is -0.383 e. The van der Waals surface area contributed by atoms with Crippen molar-refractivity contribution in [2.45, 2.75) is 56.3 Å². The van der Waals surface area contributed by atoms with Crippen molar-refractivity contribution in [3.8, 4) is 0 Å². The van der Waals surface area contributed by atoms with Crippen LogP contribution >= 0.6 is 0 Å². The molecule has 5 nitrogen and oxygen atoms in total. The van der Waals surface area contributed by atoms with Gasteiger partial charge in [-0.1, -0.05) is 36.8 Å². The number of aromatic nitrogens is 3. The molecule has 2 saturated heterocycles. The molecular formula is C21H24N4O. The number of piperidine rings is 2. The number of hydrogen-bond acceptors (Lipinski definition) is 4. The minimum atomic E-state index is -0.828. The summed E-state index contributed by atoms with van der Waals surface area (Å²) >= 11 is 0. The molecule has 4 heterocycles. The van der Waals surface area contributed by atoms with Gasteiger partial charge in [-0.3, -0.25) is 9.30 Å². The average molecular weight is 348 g/mol. The molecule has 134 valence electrons. The third kappa shape index (κ3) is 2.63. The van der Waals surface area contributed by atoms with Crippen LogP contribution in [-0.2, 0) is 12.1 Å². The van der Waals surface area contributed by atoms with E-state index >= 15 is 0 Å². The molecule has 0 saturated carbocycles. The van der Waals surface area contributed by atoms with Crippen LogP contribution in [0.5, 0.6) is 0 Å². The molecule has 26 heavy (non-hydrogen) atoms. The second kappa shape index (κ2) is 6.18. The Morgan fingerprint density at radius 1 is 1.04 bits per heavy atom. The molecule has 2 aliphatic heterocycles. The van der Waals surface area contributed by atoms with Gasteiger partial charge in [0.1, 0.15) is 5.60 Å². The summed E-state index contributed by atoms with van der Waals surface area (Å²) in [5, 5.41) is 11.6. The van der Waals surface area contributed by atoms with Crippen molar-refractivity contribution in [2.24, 2.45) is 0 Å². The lowest BCUT2D eigenvalue weighted by atomic mass is 9.74. The van der Waals surface area contributed by atoms with Gasteiger partial charge in [-0.25, -0.2) is 9.97 Å². The summed E-state index contributed by atoms with van der Waals surface area (Å²) in [7, 11) is 0. The standard InChI is InChI=1S/C21H24N4O/c26-21(19-14-23-20-22-10-5-11-24(19)20)12-17-8-4-9-18(13-21)25(17)15-16-6-2-1-3-7-16/h1-3,5-7,10-11,14,17-18,26H,4,8-9,12-13,15H2. The summed E-state index contributed by atoms with van der Waals surface area (Å²) in [6, 6.07) is 13.4. The Bertz CT molecular complexity index is 893. The molecule has 5 rings (SSSR count). The topological polar surface area (TPSA) is 53.7 Å². The van der Waals surface area contributed by atoms with E-state index in [4.69, 9.17) is 0 Å². The highest BCUT2D eigenvalue weighted by Gasteiger charge is 2.47. The molecule has 2 aliphatic rings. The van der Waals surface area contributed by atoms with Crippen molar-refractivity contribution >= 4 is 5.78 Å². The molecule has 0 aliphatic carbocycles. The highest BCUT2D eigenvalue weighted by Crippen LogP contribution is 2.44. The second-order valence-corrected chi connectivity index (χ2v) is 7.77. The predicted octanol–water partition coefficient (Wildman–Crippen LogP) is 3.13. The normalized spacial score (nSPS) is 29.1. The van der Waals surface area contributed by atoms with Gasteiger partial charge in [0.05, 0.1) is 11.9 Å². The zero-order valence-electron chi connectivity index (χ0n) is 14.8. The van der Waals surface area contributed by atoms with Gasteiger partial charge in [-0.05, 0) is 37.3 Å². The van der Waals surface area contributed by atoms with Crippen molar-refractivity contribution < 1.29 is 5.11 Å². The van der Waals surface area contributed by atoms with Crippen LogP contribution in [0.1, 0.15) is 43.4 Å². The number of hydrogen-bond donors (Lipinski definition) is 1. The first-order valence-electron chi connectivity index (χ1n) is 9.53. The van der Waals surface area contributed by atoms with Crippen LogP contribution in [-0.4, -0.2) is 36.5 Å². The van der Waals surface area contributed by atoms with Crippen LogP contribution in [0.3, 0.4) is 0 Å². The Morgan fingerprint density at radius 3 is 2.58 bits per heavy atom. The monoisotopic (exact) mass is 348 g/mol. The Labute approximate surface area is 153 Å². The van der Waals surface area contributed by atoms with E-state index in [0.717, 1.165) is 37.9 Å². The molecule has 5 heteroatoms. The number of nitrogens with zero attached hydrogens (tertiary/aromatic N) is 4. The Hall–Kier alpha value is -2.24. The smallest absolute Gasteiger partial charge is 0.233 e. The number of rotatable bonds is 3. The van der Waals surface area contributed by atoms with E-state index < -0.39 is 5.60 Å². The first-order valence-corrected chi connectivity index (χ1v) is 9.53. The largest absolute Gasteiger partial charge is 0.383 e. The second-order valence-electron chi connectivity index (χ2n) is 7.77. The van der Waals surface area contributed by atoms with Gasteiger partial charge >= 0.3 is 0 Å². The number of fused-ring (bicyclic) bond motifs is 3. The van der Waals surface area contributed by atoms with E-state index in [0.29, 0.717) is 17.9 Å². The summed E-state index contributed by atoms with van der Waals surface area (Å²) in [6.07, 6.45) is 10.6. The average Bonchev–Trinajstić information content (AvgIpc) is 3.09. The summed E-state index contributed by atoms with van der Waals surface area (Å²) in [5.74, 6) is 0.660. The molecule has 2 unspecified atom stereocenters. The van der Waals surface area contributed by atoms with Gasteiger partial charge in [0.2, 0.25) is 5.78 Å². The lowest BCUT2D eigenvalue weighted by molar-refractivity contribution is -0.102. The Morgan fingerprint density at radius 2 is 1.81 bits per heavy atom. The fraction of sp³-hybridized carbons (Fsp3) is 0.429. The molecule has 1 N–H and O–H groups in total. The van der Waals surface area contributed by atoms with Gasteiger partial charge in [0.25, 0.3) is 0 Å². The van der Waals surface area contributed by atoms with Crippen molar-refractivity contribution in [1.82, 2.24) is 19.3 Å². The van der Waals surface area contributed by atoms with Gasteiger partial charge in [0.15, 0.2) is 0 Å². The van der Waals surface area contributed by atoms with E-state index in [2.05, 4.69) is 45.2 Å². The highest BCUT2D eigenvalue weighted by atomic mass is 16.3. The summed E-state index contributed by atoms with van der Waals surface area (Å²) in [6.45, 7) is 0.973. The van der Waals surface area contributed by atoms with Crippen molar-refractivity contribution in [3.63, 3.8) is 0 Å². The summed E-state index contributed by atoms with van der Waals surface area (Å²) < 4.78 is 1.95. The van der Waals surface area contributed by atoms with Crippen LogP contribution in [0.15, 0.2) is 55.0 Å². The molecule has 0 radical (unpaired) electrons. The predicted molar refractivity (Wildman–Crippen MR) is 99.5 cm³/mol. The molecule has 2 bridgehead atoms. The van der Waals surface area contributed by atoms with E-state index in [1.807, 2.05) is 22.9 Å². The first kappa shape index (κ1) is 16.0. The lowest BCUT2D eigenvalue weighted by Crippen LogP contribution is -2.56. The molecule has 2 atom stereocenters. The summed E-state index contributed by atoms with van der Waals surface area (Å²) in [4.78, 5) is 11.3. The van der Waals surface area contributed by atoms with Gasteiger partial charge in [0, 0.05) is 31.0 Å².